The summed E-state index contributed by atoms with van der Waals surface area (Å²) < 4.78 is 0. The molecule has 0 saturated heterocycles. The predicted octanol–water partition coefficient (Wildman–Crippen LogP) is 4.72. The Kier molecular flexibility index (Phi) is 4.15. The van der Waals surface area contributed by atoms with Crippen molar-refractivity contribution in [2.75, 3.05) is 0 Å². The molecule has 0 spiro atoms. The van der Waals surface area contributed by atoms with E-state index in [4.69, 9.17) is 0 Å². The van der Waals surface area contributed by atoms with Crippen molar-refractivity contribution in [3.63, 3.8) is 0 Å². The van der Waals surface area contributed by atoms with Crippen molar-refractivity contribution in [1.29, 1.82) is 0 Å². The Bertz CT molecular complexity index is 891. The van der Waals surface area contributed by atoms with Crippen LogP contribution in [0.2, 0.25) is 0 Å². The minimum absolute atomic E-state index is 0.00529. The average molecular weight is 403 g/mol. The maximum Gasteiger partial charge on any atom is 0.251 e. The van der Waals surface area contributed by atoms with Crippen LogP contribution >= 0.6 is 0 Å². The smallest absolute Gasteiger partial charge is 0.251 e. The van der Waals surface area contributed by atoms with Crippen LogP contribution in [0.25, 0.3) is 0 Å². The van der Waals surface area contributed by atoms with Gasteiger partial charge in [-0.15, -0.1) is 0 Å². The highest BCUT2D eigenvalue weighted by Gasteiger charge is 2.66. The number of nitrogens with one attached hydrogen (secondary N) is 2. The van der Waals surface area contributed by atoms with Crippen molar-refractivity contribution in [2.45, 2.75) is 63.5 Å². The molecule has 2 N–H and O–H groups in total. The molecule has 30 heavy (non-hydrogen) atoms. The van der Waals surface area contributed by atoms with Crippen molar-refractivity contribution < 1.29 is 9.59 Å². The summed E-state index contributed by atoms with van der Waals surface area (Å²) >= 11 is 0. The molecule has 0 atom stereocenters. The summed E-state index contributed by atoms with van der Waals surface area (Å²) in [5, 5.41) is 6.88. The molecule has 4 bridgehead atoms. The third-order valence-electron chi connectivity index (χ3n) is 7.42. The molecule has 0 radical (unpaired) electrons. The Hall–Kier alpha value is -2.62. The van der Waals surface area contributed by atoms with Gasteiger partial charge in [-0.3, -0.25) is 9.59 Å². The van der Waals surface area contributed by atoms with E-state index in [1.807, 2.05) is 60.7 Å². The molecule has 4 aliphatic rings. The second-order valence-corrected chi connectivity index (χ2v) is 10.9. The summed E-state index contributed by atoms with van der Waals surface area (Å²) in [5.74, 6) is -0.0106. The van der Waals surface area contributed by atoms with Gasteiger partial charge < -0.3 is 10.6 Å². The maximum absolute atomic E-state index is 13.1. The molecule has 6 rings (SSSR count). The molecule has 2 amide bonds. The van der Waals surface area contributed by atoms with Crippen LogP contribution in [0.3, 0.4) is 0 Å². The van der Waals surface area contributed by atoms with Gasteiger partial charge >= 0.3 is 0 Å². The van der Waals surface area contributed by atoms with Crippen molar-refractivity contribution >= 4 is 11.8 Å². The van der Waals surface area contributed by atoms with Gasteiger partial charge in [0.05, 0.1) is 0 Å². The van der Waals surface area contributed by atoms with Crippen LogP contribution in [0.4, 0.5) is 0 Å². The van der Waals surface area contributed by atoms with Gasteiger partial charge in [-0.1, -0.05) is 50.2 Å². The highest BCUT2D eigenvalue weighted by Crippen LogP contribution is 2.67. The fraction of sp³-hybridized carbons (Fsp3) is 0.462. The number of hydrogen-bond donors (Lipinski definition) is 2. The molecule has 0 heterocycles. The Morgan fingerprint density at radius 3 is 1.33 bits per heavy atom. The zero-order valence-corrected chi connectivity index (χ0v) is 17.8. The lowest BCUT2D eigenvalue weighted by molar-refractivity contribution is -0.133. The molecule has 156 valence electrons. The summed E-state index contributed by atoms with van der Waals surface area (Å²) in [6.45, 7) is 4.69. The minimum Gasteiger partial charge on any atom is -0.346 e. The Morgan fingerprint density at radius 2 is 0.967 bits per heavy atom. The average Bonchev–Trinajstić information content (AvgIpc) is 2.66. The quantitative estimate of drug-likeness (QED) is 0.778. The van der Waals surface area contributed by atoms with Crippen LogP contribution in [-0.4, -0.2) is 22.9 Å². The number of rotatable bonds is 4. The van der Waals surface area contributed by atoms with Crippen LogP contribution in [0.5, 0.6) is 0 Å². The molecule has 4 saturated carbocycles. The molecule has 0 aliphatic heterocycles. The van der Waals surface area contributed by atoms with Gasteiger partial charge in [0.1, 0.15) is 0 Å². The summed E-state index contributed by atoms with van der Waals surface area (Å²) in [6.07, 6.45) is 5.90. The molecule has 4 fully saturated rings. The third-order valence-corrected chi connectivity index (χ3v) is 7.42. The number of carbonyl (C=O) groups is 2. The standard InChI is InChI=1S/C26H30N2O2/c1-23-13-24(2)16-25(14-23,27-21(29)19-9-5-3-6-10-19)18-26(15-23,17-24)28-22(30)20-11-7-4-8-12-20/h3-12H,13-18H2,1-2H3,(H,27,29)(H,28,30). The fourth-order valence-corrected chi connectivity index (χ4v) is 7.77. The summed E-state index contributed by atoms with van der Waals surface area (Å²) in [7, 11) is 0. The Labute approximate surface area is 178 Å². The lowest BCUT2D eigenvalue weighted by atomic mass is 9.40. The predicted molar refractivity (Wildman–Crippen MR) is 117 cm³/mol. The summed E-state index contributed by atoms with van der Waals surface area (Å²) in [6, 6.07) is 18.9. The van der Waals surface area contributed by atoms with E-state index in [0.29, 0.717) is 11.1 Å². The Balaban J connectivity index is 1.46. The highest BCUT2D eigenvalue weighted by molar-refractivity contribution is 5.95. The highest BCUT2D eigenvalue weighted by atomic mass is 16.2. The van der Waals surface area contributed by atoms with Crippen LogP contribution < -0.4 is 10.6 Å². The molecule has 4 nitrogen and oxygen atoms in total. The fourth-order valence-electron chi connectivity index (χ4n) is 7.77. The van der Waals surface area contributed by atoms with E-state index >= 15 is 0 Å². The van der Waals surface area contributed by atoms with E-state index in [1.54, 1.807) is 0 Å². The van der Waals surface area contributed by atoms with Gasteiger partial charge in [-0.05, 0) is 73.6 Å². The van der Waals surface area contributed by atoms with E-state index < -0.39 is 0 Å². The molecule has 4 heteroatoms. The zero-order valence-electron chi connectivity index (χ0n) is 17.8. The Morgan fingerprint density at radius 1 is 0.600 bits per heavy atom. The van der Waals surface area contributed by atoms with Gasteiger partial charge in [-0.2, -0.15) is 0 Å². The van der Waals surface area contributed by atoms with E-state index in [1.165, 1.54) is 0 Å². The van der Waals surface area contributed by atoms with Gasteiger partial charge in [0.2, 0.25) is 0 Å². The van der Waals surface area contributed by atoms with E-state index in [2.05, 4.69) is 24.5 Å². The first-order valence-corrected chi connectivity index (χ1v) is 11.0. The number of amides is 2. The lowest BCUT2D eigenvalue weighted by Crippen LogP contribution is -2.74. The van der Waals surface area contributed by atoms with E-state index in [-0.39, 0.29) is 33.7 Å². The van der Waals surface area contributed by atoms with Crippen molar-refractivity contribution in [2.24, 2.45) is 10.8 Å². The molecule has 0 aromatic heterocycles. The number of hydrogen-bond acceptors (Lipinski definition) is 2. The first kappa shape index (κ1) is 19.3. The van der Waals surface area contributed by atoms with Gasteiger partial charge in [-0.25, -0.2) is 0 Å². The summed E-state index contributed by atoms with van der Waals surface area (Å²) in [4.78, 5) is 26.2. The van der Waals surface area contributed by atoms with Crippen LogP contribution in [-0.2, 0) is 0 Å². The van der Waals surface area contributed by atoms with Gasteiger partial charge in [0, 0.05) is 22.2 Å². The topological polar surface area (TPSA) is 58.2 Å². The van der Waals surface area contributed by atoms with Crippen molar-refractivity contribution in [3.05, 3.63) is 71.8 Å². The minimum atomic E-state index is -0.269. The molecule has 4 aliphatic carbocycles. The van der Waals surface area contributed by atoms with Crippen LogP contribution in [0.1, 0.15) is 73.1 Å². The number of benzene rings is 2. The lowest BCUT2D eigenvalue weighted by Gasteiger charge is -2.69. The SMILES string of the molecule is CC12CC3(C)CC(NC(=O)c4ccccc4)(C1)CC(NC(=O)c1ccccc1)(C2)C3. The zero-order chi connectivity index (χ0) is 21.0. The molecule has 0 unspecified atom stereocenters. The monoisotopic (exact) mass is 402 g/mol. The van der Waals surface area contributed by atoms with Gasteiger partial charge in [0.25, 0.3) is 11.8 Å². The maximum atomic E-state index is 13.1. The largest absolute Gasteiger partial charge is 0.346 e. The third kappa shape index (κ3) is 3.32. The van der Waals surface area contributed by atoms with Crippen LogP contribution in [0.15, 0.2) is 60.7 Å². The summed E-state index contributed by atoms with van der Waals surface area (Å²) in [5.41, 5.74) is 1.11. The first-order valence-electron chi connectivity index (χ1n) is 11.0. The van der Waals surface area contributed by atoms with E-state index in [0.717, 1.165) is 38.5 Å². The van der Waals surface area contributed by atoms with Gasteiger partial charge in [0.15, 0.2) is 0 Å². The van der Waals surface area contributed by atoms with E-state index in [9.17, 15) is 9.59 Å². The molecule has 2 aromatic carbocycles. The number of carbonyl (C=O) groups excluding carboxylic acids is 2. The first-order chi connectivity index (χ1) is 14.2. The van der Waals surface area contributed by atoms with Crippen molar-refractivity contribution in [3.8, 4) is 0 Å². The van der Waals surface area contributed by atoms with Crippen LogP contribution in [0, 0.1) is 10.8 Å². The molecular weight excluding hydrogens is 372 g/mol. The second kappa shape index (κ2) is 6.44. The van der Waals surface area contributed by atoms with Crippen molar-refractivity contribution in [1.82, 2.24) is 10.6 Å². The molecular formula is C26H30N2O2. The normalized spacial score (nSPS) is 36.3. The molecule has 2 aromatic rings. The second-order valence-electron chi connectivity index (χ2n) is 10.9.